The molecule has 0 radical (unpaired) electrons. The van der Waals surface area contributed by atoms with E-state index in [1.165, 1.54) is 11.0 Å². The zero-order chi connectivity index (χ0) is 16.1. The molecule has 0 bridgehead atoms. The van der Waals surface area contributed by atoms with Crippen LogP contribution in [-0.2, 0) is 4.79 Å². The third-order valence-corrected chi connectivity index (χ3v) is 3.71. The Balaban J connectivity index is 2.16. The lowest BCUT2D eigenvalue weighted by Crippen LogP contribution is -2.40. The summed E-state index contributed by atoms with van der Waals surface area (Å²) in [4.78, 5) is 37.0. The number of carbonyl (C=O) groups excluding carboxylic acids is 2. The van der Waals surface area contributed by atoms with Crippen molar-refractivity contribution in [1.82, 2.24) is 10.2 Å². The van der Waals surface area contributed by atoms with E-state index in [0.29, 0.717) is 37.1 Å². The minimum atomic E-state index is -0.984. The number of rotatable bonds is 5. The van der Waals surface area contributed by atoms with E-state index >= 15 is 0 Å². The Morgan fingerprint density at radius 3 is 2.73 bits per heavy atom. The van der Waals surface area contributed by atoms with Gasteiger partial charge in [-0.3, -0.25) is 9.59 Å². The standard InChI is InChI=1S/C16H20N2O4/c1-2-8-17-14(19)11-5-3-6-12(10-11)15(20)18-9-4-7-13(18)16(21)22/h3,5-6,10,13H,2,4,7-9H2,1H3,(H,17,19)(H,21,22)/t13-/m1/s1. The number of hydrogen-bond donors (Lipinski definition) is 2. The molecule has 0 unspecified atom stereocenters. The van der Waals surface area contributed by atoms with Gasteiger partial charge in [0.05, 0.1) is 0 Å². The summed E-state index contributed by atoms with van der Waals surface area (Å²) in [5.41, 5.74) is 0.752. The fourth-order valence-electron chi connectivity index (χ4n) is 2.57. The number of benzene rings is 1. The van der Waals surface area contributed by atoms with Gasteiger partial charge in [0.2, 0.25) is 0 Å². The van der Waals surface area contributed by atoms with E-state index in [0.717, 1.165) is 6.42 Å². The van der Waals surface area contributed by atoms with Crippen LogP contribution in [-0.4, -0.2) is 46.9 Å². The average molecular weight is 304 g/mol. The summed E-state index contributed by atoms with van der Waals surface area (Å²) in [5.74, 6) is -1.55. The molecule has 1 saturated heterocycles. The molecule has 0 aromatic heterocycles. The maximum absolute atomic E-state index is 12.5. The van der Waals surface area contributed by atoms with Crippen LogP contribution in [0.4, 0.5) is 0 Å². The molecule has 1 fully saturated rings. The average Bonchev–Trinajstić information content (AvgIpc) is 3.01. The molecule has 1 aromatic rings. The van der Waals surface area contributed by atoms with Crippen molar-refractivity contribution in [1.29, 1.82) is 0 Å². The van der Waals surface area contributed by atoms with Gasteiger partial charge < -0.3 is 15.3 Å². The number of carboxylic acids is 1. The summed E-state index contributed by atoms with van der Waals surface area (Å²) < 4.78 is 0. The molecule has 0 saturated carbocycles. The number of amides is 2. The predicted octanol–water partition coefficient (Wildman–Crippen LogP) is 1.52. The first-order valence-electron chi connectivity index (χ1n) is 7.46. The van der Waals surface area contributed by atoms with Crippen molar-refractivity contribution in [3.8, 4) is 0 Å². The lowest BCUT2D eigenvalue weighted by Gasteiger charge is -2.21. The normalized spacial score (nSPS) is 17.3. The Morgan fingerprint density at radius 1 is 1.32 bits per heavy atom. The number of nitrogens with one attached hydrogen (secondary N) is 1. The van der Waals surface area contributed by atoms with Crippen LogP contribution in [0.15, 0.2) is 24.3 Å². The van der Waals surface area contributed by atoms with Crippen LogP contribution in [0.5, 0.6) is 0 Å². The Kier molecular flexibility index (Phi) is 5.14. The van der Waals surface area contributed by atoms with Crippen molar-refractivity contribution in [2.24, 2.45) is 0 Å². The van der Waals surface area contributed by atoms with E-state index in [2.05, 4.69) is 5.32 Å². The quantitative estimate of drug-likeness (QED) is 0.863. The molecule has 2 N–H and O–H groups in total. The Hall–Kier alpha value is -2.37. The summed E-state index contributed by atoms with van der Waals surface area (Å²) in [6.45, 7) is 2.96. The van der Waals surface area contributed by atoms with Gasteiger partial charge in [-0.05, 0) is 37.5 Å². The maximum Gasteiger partial charge on any atom is 0.326 e. The number of carboxylic acid groups (broad SMARTS) is 1. The van der Waals surface area contributed by atoms with E-state index in [-0.39, 0.29) is 11.8 Å². The van der Waals surface area contributed by atoms with Gasteiger partial charge in [0.1, 0.15) is 6.04 Å². The molecule has 118 valence electrons. The van der Waals surface area contributed by atoms with Crippen molar-refractivity contribution >= 4 is 17.8 Å². The number of carbonyl (C=O) groups is 3. The largest absolute Gasteiger partial charge is 0.480 e. The number of aliphatic carboxylic acids is 1. The summed E-state index contributed by atoms with van der Waals surface area (Å²) in [6.07, 6.45) is 1.98. The van der Waals surface area contributed by atoms with E-state index in [9.17, 15) is 14.4 Å². The first-order valence-corrected chi connectivity index (χ1v) is 7.46. The minimum absolute atomic E-state index is 0.229. The van der Waals surface area contributed by atoms with E-state index in [4.69, 9.17) is 5.11 Å². The molecular formula is C16H20N2O4. The molecule has 6 heteroatoms. The molecule has 6 nitrogen and oxygen atoms in total. The highest BCUT2D eigenvalue weighted by Gasteiger charge is 2.34. The molecule has 1 heterocycles. The van der Waals surface area contributed by atoms with Crippen LogP contribution in [0, 0.1) is 0 Å². The van der Waals surface area contributed by atoms with Crippen LogP contribution >= 0.6 is 0 Å². The molecule has 1 aromatic carbocycles. The number of likely N-dealkylation sites (tertiary alicyclic amines) is 1. The summed E-state index contributed by atoms with van der Waals surface area (Å²) in [5, 5.41) is 11.9. The van der Waals surface area contributed by atoms with Gasteiger partial charge >= 0.3 is 5.97 Å². The number of nitrogens with zero attached hydrogens (tertiary/aromatic N) is 1. The molecule has 0 aliphatic carbocycles. The third-order valence-electron chi connectivity index (χ3n) is 3.71. The zero-order valence-electron chi connectivity index (χ0n) is 12.5. The molecular weight excluding hydrogens is 284 g/mol. The lowest BCUT2D eigenvalue weighted by molar-refractivity contribution is -0.141. The molecule has 22 heavy (non-hydrogen) atoms. The Bertz CT molecular complexity index is 585. The second-order valence-corrected chi connectivity index (χ2v) is 5.33. The van der Waals surface area contributed by atoms with Crippen molar-refractivity contribution in [3.05, 3.63) is 35.4 Å². The van der Waals surface area contributed by atoms with Gasteiger partial charge in [0.25, 0.3) is 11.8 Å². The van der Waals surface area contributed by atoms with Crippen LogP contribution < -0.4 is 5.32 Å². The van der Waals surface area contributed by atoms with E-state index in [1.807, 2.05) is 6.92 Å². The molecule has 1 aliphatic heterocycles. The van der Waals surface area contributed by atoms with Gasteiger partial charge in [-0.1, -0.05) is 13.0 Å². The summed E-state index contributed by atoms with van der Waals surface area (Å²) in [6, 6.07) is 5.63. The van der Waals surface area contributed by atoms with Crippen molar-refractivity contribution in [2.45, 2.75) is 32.2 Å². The second kappa shape index (κ2) is 7.06. The highest BCUT2D eigenvalue weighted by atomic mass is 16.4. The smallest absolute Gasteiger partial charge is 0.326 e. The summed E-state index contributed by atoms with van der Waals surface area (Å²) in [7, 11) is 0. The van der Waals surface area contributed by atoms with Crippen molar-refractivity contribution in [3.63, 3.8) is 0 Å². The summed E-state index contributed by atoms with van der Waals surface area (Å²) >= 11 is 0. The van der Waals surface area contributed by atoms with Gasteiger partial charge in [-0.2, -0.15) is 0 Å². The fraction of sp³-hybridized carbons (Fsp3) is 0.438. The van der Waals surface area contributed by atoms with Gasteiger partial charge in [0, 0.05) is 24.2 Å². The van der Waals surface area contributed by atoms with Gasteiger partial charge in [0.15, 0.2) is 0 Å². The Labute approximate surface area is 129 Å². The third kappa shape index (κ3) is 3.44. The predicted molar refractivity (Wildman–Crippen MR) is 80.8 cm³/mol. The van der Waals surface area contributed by atoms with Crippen LogP contribution in [0.2, 0.25) is 0 Å². The van der Waals surface area contributed by atoms with Crippen LogP contribution in [0.25, 0.3) is 0 Å². The Morgan fingerprint density at radius 2 is 2.05 bits per heavy atom. The maximum atomic E-state index is 12.5. The molecule has 1 atom stereocenters. The highest BCUT2D eigenvalue weighted by molar-refractivity contribution is 6.00. The first kappa shape index (κ1) is 16.0. The zero-order valence-corrected chi connectivity index (χ0v) is 12.5. The van der Waals surface area contributed by atoms with Crippen molar-refractivity contribution in [2.75, 3.05) is 13.1 Å². The lowest BCUT2D eigenvalue weighted by atomic mass is 10.1. The topological polar surface area (TPSA) is 86.7 Å². The van der Waals surface area contributed by atoms with E-state index in [1.54, 1.807) is 18.2 Å². The van der Waals surface area contributed by atoms with Crippen LogP contribution in [0.3, 0.4) is 0 Å². The van der Waals surface area contributed by atoms with Crippen molar-refractivity contribution < 1.29 is 19.5 Å². The molecule has 2 amide bonds. The highest BCUT2D eigenvalue weighted by Crippen LogP contribution is 2.20. The monoisotopic (exact) mass is 304 g/mol. The SMILES string of the molecule is CCCNC(=O)c1cccc(C(=O)N2CCC[C@@H]2C(=O)O)c1. The first-order chi connectivity index (χ1) is 10.5. The van der Waals surface area contributed by atoms with E-state index < -0.39 is 12.0 Å². The van der Waals surface area contributed by atoms with Gasteiger partial charge in [-0.15, -0.1) is 0 Å². The van der Waals surface area contributed by atoms with Gasteiger partial charge in [-0.25, -0.2) is 4.79 Å². The number of hydrogen-bond acceptors (Lipinski definition) is 3. The molecule has 2 rings (SSSR count). The van der Waals surface area contributed by atoms with Crippen LogP contribution in [0.1, 0.15) is 46.9 Å². The fourth-order valence-corrected chi connectivity index (χ4v) is 2.57. The minimum Gasteiger partial charge on any atom is -0.480 e. The second-order valence-electron chi connectivity index (χ2n) is 5.33. The molecule has 0 spiro atoms. The molecule has 1 aliphatic rings.